The van der Waals surface area contributed by atoms with E-state index in [4.69, 9.17) is 10.2 Å². The van der Waals surface area contributed by atoms with Gasteiger partial charge in [0, 0.05) is 24.2 Å². The van der Waals surface area contributed by atoms with Gasteiger partial charge >= 0.3 is 0 Å². The molecule has 0 saturated heterocycles. The van der Waals surface area contributed by atoms with E-state index in [-0.39, 0.29) is 6.61 Å². The summed E-state index contributed by atoms with van der Waals surface area (Å²) in [5.74, 6) is 1.50. The zero-order valence-electron chi connectivity index (χ0n) is 12.7. The molecule has 0 amide bonds. The van der Waals surface area contributed by atoms with Gasteiger partial charge in [-0.05, 0) is 32.8 Å². The van der Waals surface area contributed by atoms with E-state index >= 15 is 0 Å². The Morgan fingerprint density at radius 3 is 2.86 bits per heavy atom. The molecule has 114 valence electrons. The summed E-state index contributed by atoms with van der Waals surface area (Å²) in [7, 11) is 0. The first kappa shape index (κ1) is 14.1. The standard InChI is InChI=1S/C15H23N5O/c1-11(2)20-13(9-14(17-20)12-3-4-12)10-16-15-5-6-19(18-15)7-8-21/h5-6,9,11-12,21H,3-4,7-8,10H2,1-2H3,(H,16,18). The third-order valence-electron chi connectivity index (χ3n) is 3.74. The summed E-state index contributed by atoms with van der Waals surface area (Å²) in [6.45, 7) is 5.66. The first-order chi connectivity index (χ1) is 10.2. The van der Waals surface area contributed by atoms with Gasteiger partial charge in [0.25, 0.3) is 0 Å². The number of aromatic nitrogens is 4. The number of nitrogens with zero attached hydrogens (tertiary/aromatic N) is 4. The zero-order valence-corrected chi connectivity index (χ0v) is 12.7. The molecule has 1 saturated carbocycles. The molecule has 3 rings (SSSR count). The molecule has 1 fully saturated rings. The van der Waals surface area contributed by atoms with E-state index in [0.29, 0.717) is 25.0 Å². The van der Waals surface area contributed by atoms with Crippen LogP contribution in [0.25, 0.3) is 0 Å². The Kier molecular flexibility index (Phi) is 3.96. The molecule has 0 aliphatic heterocycles. The highest BCUT2D eigenvalue weighted by Crippen LogP contribution is 2.39. The lowest BCUT2D eigenvalue weighted by molar-refractivity contribution is 0.269. The first-order valence-electron chi connectivity index (χ1n) is 7.64. The molecule has 1 aliphatic rings. The molecule has 0 spiro atoms. The lowest BCUT2D eigenvalue weighted by Gasteiger charge is -2.11. The minimum Gasteiger partial charge on any atom is -0.394 e. The van der Waals surface area contributed by atoms with Crippen molar-refractivity contribution < 1.29 is 5.11 Å². The molecule has 0 atom stereocenters. The summed E-state index contributed by atoms with van der Waals surface area (Å²) in [6, 6.07) is 4.50. The SMILES string of the molecule is CC(C)n1nc(C2CC2)cc1CNc1ccn(CCO)n1. The van der Waals surface area contributed by atoms with Crippen LogP contribution in [0.4, 0.5) is 5.82 Å². The quantitative estimate of drug-likeness (QED) is 0.819. The van der Waals surface area contributed by atoms with Crippen LogP contribution in [-0.4, -0.2) is 31.3 Å². The van der Waals surface area contributed by atoms with Crippen LogP contribution in [0.3, 0.4) is 0 Å². The second-order valence-corrected chi connectivity index (χ2v) is 5.91. The number of rotatable bonds is 7. The average Bonchev–Trinajstić information content (AvgIpc) is 3.06. The molecular formula is C15H23N5O. The van der Waals surface area contributed by atoms with Crippen LogP contribution in [0.1, 0.15) is 50.0 Å². The molecule has 2 aromatic heterocycles. The summed E-state index contributed by atoms with van der Waals surface area (Å²) in [6.07, 6.45) is 4.41. The molecule has 0 unspecified atom stereocenters. The van der Waals surface area contributed by atoms with Crippen molar-refractivity contribution >= 4 is 5.82 Å². The van der Waals surface area contributed by atoms with E-state index in [1.54, 1.807) is 4.68 Å². The number of nitrogens with one attached hydrogen (secondary N) is 1. The summed E-state index contributed by atoms with van der Waals surface area (Å²) in [4.78, 5) is 0. The van der Waals surface area contributed by atoms with Gasteiger partial charge in [0.2, 0.25) is 0 Å². The van der Waals surface area contributed by atoms with Gasteiger partial charge in [0.15, 0.2) is 0 Å². The van der Waals surface area contributed by atoms with Gasteiger partial charge in [-0.3, -0.25) is 9.36 Å². The normalized spacial score (nSPS) is 14.9. The van der Waals surface area contributed by atoms with Crippen LogP contribution in [0.5, 0.6) is 0 Å². The molecule has 2 N–H and O–H groups in total. The van der Waals surface area contributed by atoms with Crippen LogP contribution in [0, 0.1) is 0 Å². The number of hydrogen-bond donors (Lipinski definition) is 2. The molecule has 0 radical (unpaired) electrons. The predicted octanol–water partition coefficient (Wildman–Crippen LogP) is 2.14. The molecule has 21 heavy (non-hydrogen) atoms. The lowest BCUT2D eigenvalue weighted by Crippen LogP contribution is -2.11. The van der Waals surface area contributed by atoms with E-state index in [2.05, 4.69) is 35.0 Å². The van der Waals surface area contributed by atoms with Crippen molar-refractivity contribution in [1.29, 1.82) is 0 Å². The van der Waals surface area contributed by atoms with Gasteiger partial charge in [-0.15, -0.1) is 0 Å². The Bertz CT molecular complexity index is 597. The van der Waals surface area contributed by atoms with Crippen molar-refractivity contribution in [2.24, 2.45) is 0 Å². The summed E-state index contributed by atoms with van der Waals surface area (Å²) < 4.78 is 3.84. The molecule has 1 aliphatic carbocycles. The van der Waals surface area contributed by atoms with Crippen molar-refractivity contribution in [2.45, 2.75) is 51.7 Å². The Balaban J connectivity index is 1.68. The molecule has 2 heterocycles. The summed E-state index contributed by atoms with van der Waals surface area (Å²) in [5.41, 5.74) is 2.43. The van der Waals surface area contributed by atoms with Crippen molar-refractivity contribution in [2.75, 3.05) is 11.9 Å². The topological polar surface area (TPSA) is 67.9 Å². The molecule has 0 aromatic carbocycles. The Labute approximate surface area is 124 Å². The number of hydrogen-bond acceptors (Lipinski definition) is 4. The fourth-order valence-corrected chi connectivity index (χ4v) is 2.48. The maximum absolute atomic E-state index is 8.90. The fourth-order valence-electron chi connectivity index (χ4n) is 2.48. The van der Waals surface area contributed by atoms with Gasteiger partial charge < -0.3 is 10.4 Å². The van der Waals surface area contributed by atoms with Gasteiger partial charge in [-0.2, -0.15) is 10.2 Å². The molecule has 6 heteroatoms. The van der Waals surface area contributed by atoms with E-state index in [1.807, 2.05) is 12.3 Å². The maximum Gasteiger partial charge on any atom is 0.148 e. The van der Waals surface area contributed by atoms with Crippen LogP contribution >= 0.6 is 0 Å². The predicted molar refractivity (Wildman–Crippen MR) is 81.2 cm³/mol. The van der Waals surface area contributed by atoms with Crippen LogP contribution < -0.4 is 5.32 Å². The van der Waals surface area contributed by atoms with E-state index < -0.39 is 0 Å². The molecule has 0 bridgehead atoms. The molecular weight excluding hydrogens is 266 g/mol. The zero-order chi connectivity index (χ0) is 14.8. The summed E-state index contributed by atoms with van der Waals surface area (Å²) >= 11 is 0. The van der Waals surface area contributed by atoms with Crippen LogP contribution in [0.15, 0.2) is 18.3 Å². The highest BCUT2D eigenvalue weighted by atomic mass is 16.3. The Morgan fingerprint density at radius 1 is 1.38 bits per heavy atom. The van der Waals surface area contributed by atoms with Crippen molar-refractivity contribution in [3.05, 3.63) is 29.7 Å². The van der Waals surface area contributed by atoms with Gasteiger partial charge in [-0.1, -0.05) is 0 Å². The average molecular weight is 289 g/mol. The smallest absolute Gasteiger partial charge is 0.148 e. The second kappa shape index (κ2) is 5.89. The second-order valence-electron chi connectivity index (χ2n) is 5.91. The van der Waals surface area contributed by atoms with Crippen LogP contribution in [0.2, 0.25) is 0 Å². The van der Waals surface area contributed by atoms with Crippen molar-refractivity contribution in [3.63, 3.8) is 0 Å². The van der Waals surface area contributed by atoms with Gasteiger partial charge in [0.1, 0.15) is 5.82 Å². The Morgan fingerprint density at radius 2 is 2.19 bits per heavy atom. The van der Waals surface area contributed by atoms with Gasteiger partial charge in [0.05, 0.1) is 31.1 Å². The van der Waals surface area contributed by atoms with E-state index in [1.165, 1.54) is 24.2 Å². The lowest BCUT2D eigenvalue weighted by atomic mass is 10.2. The van der Waals surface area contributed by atoms with Gasteiger partial charge in [-0.25, -0.2) is 0 Å². The monoisotopic (exact) mass is 289 g/mol. The highest BCUT2D eigenvalue weighted by molar-refractivity contribution is 5.33. The summed E-state index contributed by atoms with van der Waals surface area (Å²) in [5, 5.41) is 21.3. The van der Waals surface area contributed by atoms with Crippen LogP contribution in [-0.2, 0) is 13.1 Å². The third kappa shape index (κ3) is 3.26. The van der Waals surface area contributed by atoms with Crippen molar-refractivity contribution in [3.8, 4) is 0 Å². The Hall–Kier alpha value is -1.82. The highest BCUT2D eigenvalue weighted by Gasteiger charge is 2.27. The van der Waals surface area contributed by atoms with Crippen molar-refractivity contribution in [1.82, 2.24) is 19.6 Å². The maximum atomic E-state index is 8.90. The van der Waals surface area contributed by atoms with E-state index in [0.717, 1.165) is 5.82 Å². The number of aliphatic hydroxyl groups excluding tert-OH is 1. The minimum atomic E-state index is 0.103. The molecule has 6 nitrogen and oxygen atoms in total. The third-order valence-corrected chi connectivity index (χ3v) is 3.74. The van der Waals surface area contributed by atoms with E-state index in [9.17, 15) is 0 Å². The molecule has 2 aromatic rings. The number of anilines is 1. The fraction of sp³-hybridized carbons (Fsp3) is 0.600. The largest absolute Gasteiger partial charge is 0.394 e. The minimum absolute atomic E-state index is 0.103. The number of aliphatic hydroxyl groups is 1. The first-order valence-corrected chi connectivity index (χ1v) is 7.64.